The zero-order valence-electron chi connectivity index (χ0n) is 12.8. The van der Waals surface area contributed by atoms with Gasteiger partial charge in [0, 0.05) is 17.6 Å². The monoisotopic (exact) mass is 377 g/mol. The van der Waals surface area contributed by atoms with Crippen LogP contribution in [0.4, 0.5) is 4.39 Å². The van der Waals surface area contributed by atoms with Crippen molar-refractivity contribution in [3.8, 4) is 5.75 Å². The second-order valence-corrected chi connectivity index (χ2v) is 6.38. The molecule has 0 saturated heterocycles. The predicted octanol–water partition coefficient (Wildman–Crippen LogP) is 4.19. The smallest absolute Gasteiger partial charge is 0.257 e. The van der Waals surface area contributed by atoms with Gasteiger partial charge in [0.25, 0.3) is 5.91 Å². The van der Waals surface area contributed by atoms with Crippen LogP contribution in [0, 0.1) is 5.82 Å². The Morgan fingerprint density at radius 1 is 1.26 bits per heavy atom. The first kappa shape index (κ1) is 16.0. The zero-order valence-corrected chi connectivity index (χ0v) is 14.4. The molecule has 1 heterocycles. The van der Waals surface area contributed by atoms with Gasteiger partial charge in [0.1, 0.15) is 11.6 Å². The Morgan fingerprint density at radius 3 is 2.87 bits per heavy atom. The fourth-order valence-corrected chi connectivity index (χ4v) is 3.16. The van der Waals surface area contributed by atoms with Crippen molar-refractivity contribution in [3.63, 3.8) is 0 Å². The van der Waals surface area contributed by atoms with Crippen molar-refractivity contribution in [2.24, 2.45) is 0 Å². The first-order valence-corrected chi connectivity index (χ1v) is 8.36. The molecule has 1 aliphatic heterocycles. The minimum atomic E-state index is -0.493. The Kier molecular flexibility index (Phi) is 4.66. The second kappa shape index (κ2) is 6.71. The molecule has 0 N–H and O–H groups in total. The molecule has 0 aromatic heterocycles. The van der Waals surface area contributed by atoms with E-state index in [1.165, 1.54) is 17.7 Å². The fraction of sp³-hybridized carbons (Fsp3) is 0.278. The number of carbonyl (C=O) groups is 1. The van der Waals surface area contributed by atoms with Crippen molar-refractivity contribution in [1.29, 1.82) is 0 Å². The molecule has 0 aliphatic carbocycles. The van der Waals surface area contributed by atoms with E-state index in [1.54, 1.807) is 11.0 Å². The van der Waals surface area contributed by atoms with Crippen LogP contribution in [0.15, 0.2) is 40.9 Å². The van der Waals surface area contributed by atoms with E-state index in [2.05, 4.69) is 15.9 Å². The van der Waals surface area contributed by atoms with Gasteiger partial charge < -0.3 is 9.64 Å². The summed E-state index contributed by atoms with van der Waals surface area (Å²) in [5, 5.41) is 0. The van der Waals surface area contributed by atoms with E-state index < -0.39 is 5.82 Å². The van der Waals surface area contributed by atoms with E-state index in [4.69, 9.17) is 4.74 Å². The molecule has 0 atom stereocenters. The zero-order chi connectivity index (χ0) is 16.4. The maximum absolute atomic E-state index is 13.9. The quantitative estimate of drug-likeness (QED) is 0.802. The Hall–Kier alpha value is -1.88. The largest absolute Gasteiger partial charge is 0.494 e. The second-order valence-electron chi connectivity index (χ2n) is 5.46. The number of ether oxygens (including phenoxy) is 1. The van der Waals surface area contributed by atoms with Crippen LogP contribution in [-0.4, -0.2) is 24.0 Å². The molecule has 0 radical (unpaired) electrons. The lowest BCUT2D eigenvalue weighted by Gasteiger charge is -2.29. The van der Waals surface area contributed by atoms with Gasteiger partial charge in [-0.25, -0.2) is 4.39 Å². The van der Waals surface area contributed by atoms with Crippen molar-refractivity contribution in [2.75, 3.05) is 13.2 Å². The first-order chi connectivity index (χ1) is 11.1. The predicted molar refractivity (Wildman–Crippen MR) is 90.2 cm³/mol. The highest BCUT2D eigenvalue weighted by Gasteiger charge is 2.24. The molecule has 1 amide bonds. The Balaban J connectivity index is 1.84. The molecule has 5 heteroatoms. The maximum Gasteiger partial charge on any atom is 0.257 e. The van der Waals surface area contributed by atoms with Crippen molar-refractivity contribution in [1.82, 2.24) is 4.90 Å². The molecule has 3 rings (SSSR count). The molecule has 120 valence electrons. The summed E-state index contributed by atoms with van der Waals surface area (Å²) >= 11 is 3.29. The average Bonchev–Trinajstić information content (AvgIpc) is 2.56. The number of carbonyl (C=O) groups excluding carboxylic acids is 1. The molecule has 3 nitrogen and oxygen atoms in total. The molecular formula is C18H17BrFNO2. The maximum atomic E-state index is 13.9. The first-order valence-electron chi connectivity index (χ1n) is 7.57. The summed E-state index contributed by atoms with van der Waals surface area (Å²) in [5.74, 6) is 0.0255. The summed E-state index contributed by atoms with van der Waals surface area (Å²) in [5.41, 5.74) is 2.38. The Morgan fingerprint density at radius 2 is 2.09 bits per heavy atom. The number of hydrogen-bond donors (Lipinski definition) is 0. The minimum Gasteiger partial charge on any atom is -0.494 e. The lowest BCUT2D eigenvalue weighted by atomic mass is 9.98. The minimum absolute atomic E-state index is 0.101. The van der Waals surface area contributed by atoms with Gasteiger partial charge in [-0.1, -0.05) is 22.0 Å². The van der Waals surface area contributed by atoms with Gasteiger partial charge >= 0.3 is 0 Å². The van der Waals surface area contributed by atoms with Gasteiger partial charge in [-0.2, -0.15) is 0 Å². The molecule has 0 saturated carbocycles. The normalized spacial score (nSPS) is 13.6. The van der Waals surface area contributed by atoms with Gasteiger partial charge in [0.05, 0.1) is 12.2 Å². The van der Waals surface area contributed by atoms with Crippen molar-refractivity contribution in [3.05, 3.63) is 63.4 Å². The van der Waals surface area contributed by atoms with Crippen LogP contribution in [-0.2, 0) is 13.0 Å². The number of halogens is 2. The molecular weight excluding hydrogens is 361 g/mol. The topological polar surface area (TPSA) is 29.5 Å². The van der Waals surface area contributed by atoms with E-state index in [0.29, 0.717) is 24.2 Å². The third-order valence-corrected chi connectivity index (χ3v) is 4.44. The van der Waals surface area contributed by atoms with Crippen molar-refractivity contribution in [2.45, 2.75) is 19.9 Å². The summed E-state index contributed by atoms with van der Waals surface area (Å²) in [7, 11) is 0. The number of benzene rings is 2. The number of fused-ring (bicyclic) bond motifs is 1. The van der Waals surface area contributed by atoms with Crippen molar-refractivity contribution < 1.29 is 13.9 Å². The molecule has 2 aromatic carbocycles. The highest BCUT2D eigenvalue weighted by atomic mass is 79.9. The summed E-state index contributed by atoms with van der Waals surface area (Å²) in [4.78, 5) is 14.3. The van der Waals surface area contributed by atoms with Gasteiger partial charge in [-0.05, 0) is 54.8 Å². The standard InChI is InChI=1S/C18H17BrFNO2/c1-2-23-15-5-3-12-7-8-21(11-13(12)9-15)18(22)16-10-14(19)4-6-17(16)20/h3-6,9-10H,2,7-8,11H2,1H3. The van der Waals surface area contributed by atoms with Crippen molar-refractivity contribution >= 4 is 21.8 Å². The van der Waals surface area contributed by atoms with Crippen LogP contribution in [0.3, 0.4) is 0 Å². The number of hydrogen-bond acceptors (Lipinski definition) is 2. The average molecular weight is 378 g/mol. The van der Waals surface area contributed by atoms with Crippen LogP contribution in [0.2, 0.25) is 0 Å². The molecule has 1 aliphatic rings. The summed E-state index contributed by atoms with van der Waals surface area (Å²) < 4.78 is 20.2. The molecule has 0 spiro atoms. The van der Waals surface area contributed by atoms with Crippen LogP contribution in [0.25, 0.3) is 0 Å². The number of nitrogens with zero attached hydrogens (tertiary/aromatic N) is 1. The summed E-state index contributed by atoms with van der Waals surface area (Å²) in [6.07, 6.45) is 0.767. The Labute approximate surface area is 143 Å². The number of rotatable bonds is 3. The third kappa shape index (κ3) is 3.39. The summed E-state index contributed by atoms with van der Waals surface area (Å²) in [6, 6.07) is 10.4. The molecule has 0 bridgehead atoms. The molecule has 0 fully saturated rings. The summed E-state index contributed by atoms with van der Waals surface area (Å²) in [6.45, 7) is 3.60. The highest BCUT2D eigenvalue weighted by molar-refractivity contribution is 9.10. The van der Waals surface area contributed by atoms with E-state index in [9.17, 15) is 9.18 Å². The van der Waals surface area contributed by atoms with Gasteiger partial charge in [-0.3, -0.25) is 4.79 Å². The van der Waals surface area contributed by atoms with E-state index in [0.717, 1.165) is 17.7 Å². The van der Waals surface area contributed by atoms with Gasteiger partial charge in [0.2, 0.25) is 0 Å². The van der Waals surface area contributed by atoms with E-state index in [1.807, 2.05) is 25.1 Å². The molecule has 2 aromatic rings. The fourth-order valence-electron chi connectivity index (χ4n) is 2.79. The Bertz CT molecular complexity index is 748. The SMILES string of the molecule is CCOc1ccc2c(c1)CN(C(=O)c1cc(Br)ccc1F)CC2. The van der Waals surface area contributed by atoms with Crippen LogP contribution in [0.1, 0.15) is 28.4 Å². The highest BCUT2D eigenvalue weighted by Crippen LogP contribution is 2.26. The van der Waals surface area contributed by atoms with E-state index in [-0.39, 0.29) is 11.5 Å². The van der Waals surface area contributed by atoms with Crippen LogP contribution < -0.4 is 4.74 Å². The third-order valence-electron chi connectivity index (χ3n) is 3.95. The molecule has 23 heavy (non-hydrogen) atoms. The van der Waals surface area contributed by atoms with E-state index >= 15 is 0 Å². The number of amides is 1. The lowest BCUT2D eigenvalue weighted by Crippen LogP contribution is -2.36. The van der Waals surface area contributed by atoms with Gasteiger partial charge in [-0.15, -0.1) is 0 Å². The molecule has 0 unspecified atom stereocenters. The van der Waals surface area contributed by atoms with Crippen LogP contribution in [0.5, 0.6) is 5.75 Å². The van der Waals surface area contributed by atoms with Gasteiger partial charge in [0.15, 0.2) is 0 Å². The lowest BCUT2D eigenvalue weighted by molar-refractivity contribution is 0.0729. The van der Waals surface area contributed by atoms with Crippen LogP contribution >= 0.6 is 15.9 Å².